The highest BCUT2D eigenvalue weighted by atomic mass is 32.2. The number of sulfonamides is 1. The first-order valence-corrected chi connectivity index (χ1v) is 11.3. The van der Waals surface area contributed by atoms with E-state index in [0.29, 0.717) is 22.7 Å². The van der Waals surface area contributed by atoms with Crippen LogP contribution in [0.15, 0.2) is 85.8 Å². The number of furan rings is 1. The lowest BCUT2D eigenvalue weighted by atomic mass is 10.2. The topological polar surface area (TPSA) is 101 Å². The third-order valence-electron chi connectivity index (χ3n) is 4.27. The summed E-state index contributed by atoms with van der Waals surface area (Å²) >= 11 is 1.13. The van der Waals surface area contributed by atoms with Gasteiger partial charge in [-0.2, -0.15) is 5.10 Å². The number of nitrogens with one attached hydrogen (secondary N) is 2. The van der Waals surface area contributed by atoms with E-state index in [4.69, 9.17) is 4.42 Å². The summed E-state index contributed by atoms with van der Waals surface area (Å²) in [6.45, 7) is 1.74. The van der Waals surface area contributed by atoms with Crippen molar-refractivity contribution < 1.29 is 17.6 Å². The van der Waals surface area contributed by atoms with Crippen LogP contribution in [0.2, 0.25) is 0 Å². The van der Waals surface area contributed by atoms with Gasteiger partial charge in [0.15, 0.2) is 5.76 Å². The molecule has 7 nitrogen and oxygen atoms in total. The predicted octanol–water partition coefficient (Wildman–Crippen LogP) is 4.45. The Kier molecular flexibility index (Phi) is 5.39. The number of carbonyl (C=O) groups is 1. The SMILES string of the molecule is CC(=NNC(=O)c1ccc(NS(=O)(=O)c2cccs2)cc1)c1cc2ccccc2o1. The largest absolute Gasteiger partial charge is 0.455 e. The average Bonchev–Trinajstić information content (AvgIpc) is 3.42. The van der Waals surface area contributed by atoms with Crippen LogP contribution >= 0.6 is 11.3 Å². The van der Waals surface area contributed by atoms with Crippen LogP contribution in [0.3, 0.4) is 0 Å². The zero-order chi connectivity index (χ0) is 21.1. The van der Waals surface area contributed by atoms with Gasteiger partial charge in [0.25, 0.3) is 15.9 Å². The quantitative estimate of drug-likeness (QED) is 0.342. The predicted molar refractivity (Wildman–Crippen MR) is 117 cm³/mol. The summed E-state index contributed by atoms with van der Waals surface area (Å²) in [5, 5.41) is 6.74. The average molecular weight is 440 g/mol. The molecule has 0 aliphatic heterocycles. The van der Waals surface area contributed by atoms with Crippen LogP contribution < -0.4 is 10.1 Å². The number of carbonyl (C=O) groups excluding carboxylic acids is 1. The van der Waals surface area contributed by atoms with E-state index >= 15 is 0 Å². The van der Waals surface area contributed by atoms with Gasteiger partial charge >= 0.3 is 0 Å². The van der Waals surface area contributed by atoms with E-state index in [0.717, 1.165) is 22.3 Å². The van der Waals surface area contributed by atoms with Gasteiger partial charge < -0.3 is 4.42 Å². The van der Waals surface area contributed by atoms with Crippen molar-refractivity contribution in [1.82, 2.24) is 5.43 Å². The zero-order valence-electron chi connectivity index (χ0n) is 15.8. The van der Waals surface area contributed by atoms with Crippen molar-refractivity contribution in [2.24, 2.45) is 5.10 Å². The van der Waals surface area contributed by atoms with E-state index in [1.165, 1.54) is 30.3 Å². The third-order valence-corrected chi connectivity index (χ3v) is 7.05. The number of amides is 1. The highest BCUT2D eigenvalue weighted by Crippen LogP contribution is 2.21. The number of hydrogen-bond acceptors (Lipinski definition) is 6. The van der Waals surface area contributed by atoms with Crippen LogP contribution in [0.4, 0.5) is 5.69 Å². The molecule has 0 aliphatic carbocycles. The number of thiophene rings is 1. The Labute approximate surface area is 177 Å². The number of hydrazone groups is 1. The van der Waals surface area contributed by atoms with Gasteiger partial charge in [-0.1, -0.05) is 24.3 Å². The number of anilines is 1. The Morgan fingerprint density at radius 1 is 1.03 bits per heavy atom. The third kappa shape index (κ3) is 4.27. The molecular weight excluding hydrogens is 422 g/mol. The summed E-state index contributed by atoms with van der Waals surface area (Å²) in [7, 11) is -3.63. The molecule has 0 saturated heterocycles. The number of para-hydroxylation sites is 1. The summed E-state index contributed by atoms with van der Waals surface area (Å²) in [5.41, 5.74) is 4.46. The lowest BCUT2D eigenvalue weighted by Crippen LogP contribution is -2.19. The molecule has 9 heteroatoms. The lowest BCUT2D eigenvalue weighted by molar-refractivity contribution is 0.0955. The maximum Gasteiger partial charge on any atom is 0.271 e. The first-order valence-electron chi connectivity index (χ1n) is 8.92. The molecule has 0 fully saturated rings. The summed E-state index contributed by atoms with van der Waals surface area (Å²) in [4.78, 5) is 12.4. The van der Waals surface area contributed by atoms with Gasteiger partial charge in [-0.25, -0.2) is 13.8 Å². The minimum absolute atomic E-state index is 0.222. The molecule has 0 spiro atoms. The van der Waals surface area contributed by atoms with Crippen LogP contribution in [-0.2, 0) is 10.0 Å². The number of fused-ring (bicyclic) bond motifs is 1. The monoisotopic (exact) mass is 439 g/mol. The molecule has 0 aliphatic rings. The van der Waals surface area contributed by atoms with Gasteiger partial charge in [-0.05, 0) is 54.8 Å². The van der Waals surface area contributed by atoms with Gasteiger partial charge in [0, 0.05) is 16.6 Å². The van der Waals surface area contributed by atoms with Crippen LogP contribution in [0.1, 0.15) is 23.0 Å². The van der Waals surface area contributed by atoms with Gasteiger partial charge in [-0.15, -0.1) is 11.3 Å². The maximum absolute atomic E-state index is 12.4. The highest BCUT2D eigenvalue weighted by molar-refractivity contribution is 7.94. The first kappa shape index (κ1) is 19.9. The molecule has 1 amide bonds. The van der Waals surface area contributed by atoms with Crippen LogP contribution in [-0.4, -0.2) is 20.0 Å². The van der Waals surface area contributed by atoms with Crippen LogP contribution in [0.25, 0.3) is 11.0 Å². The van der Waals surface area contributed by atoms with Crippen molar-refractivity contribution in [1.29, 1.82) is 0 Å². The Morgan fingerprint density at radius 3 is 2.50 bits per heavy atom. The Bertz CT molecular complexity index is 1290. The Hall–Kier alpha value is -3.43. The van der Waals surface area contributed by atoms with Crippen molar-refractivity contribution >= 4 is 49.6 Å². The van der Waals surface area contributed by atoms with Gasteiger partial charge in [0.2, 0.25) is 0 Å². The molecule has 30 heavy (non-hydrogen) atoms. The minimum atomic E-state index is -3.63. The number of rotatable bonds is 6. The molecule has 2 aromatic carbocycles. The van der Waals surface area contributed by atoms with Gasteiger partial charge in [-0.3, -0.25) is 9.52 Å². The molecule has 0 bridgehead atoms. The van der Waals surface area contributed by atoms with Crippen LogP contribution in [0.5, 0.6) is 0 Å². The van der Waals surface area contributed by atoms with Gasteiger partial charge in [0.1, 0.15) is 15.5 Å². The van der Waals surface area contributed by atoms with Crippen molar-refractivity contribution in [2.75, 3.05) is 4.72 Å². The molecular formula is C21H17N3O4S2. The molecule has 152 valence electrons. The van der Waals surface area contributed by atoms with E-state index in [9.17, 15) is 13.2 Å². The first-order chi connectivity index (χ1) is 14.4. The summed E-state index contributed by atoms with van der Waals surface area (Å²) < 4.78 is 32.9. The second-order valence-corrected chi connectivity index (χ2v) is 9.26. The van der Waals surface area contributed by atoms with E-state index in [1.807, 2.05) is 30.3 Å². The summed E-state index contributed by atoms with van der Waals surface area (Å²) in [5.74, 6) is 0.146. The fourth-order valence-electron chi connectivity index (χ4n) is 2.73. The van der Waals surface area contributed by atoms with Crippen molar-refractivity contribution in [3.05, 3.63) is 83.4 Å². The number of nitrogens with zero attached hydrogens (tertiary/aromatic N) is 1. The summed E-state index contributed by atoms with van der Waals surface area (Å²) in [6.07, 6.45) is 0. The van der Waals surface area contributed by atoms with E-state index < -0.39 is 15.9 Å². The molecule has 0 atom stereocenters. The molecule has 0 unspecified atom stereocenters. The normalized spacial score (nSPS) is 12.1. The van der Waals surface area contributed by atoms with E-state index in [-0.39, 0.29) is 4.21 Å². The molecule has 2 N–H and O–H groups in total. The van der Waals surface area contributed by atoms with Crippen molar-refractivity contribution in [3.8, 4) is 0 Å². The van der Waals surface area contributed by atoms with Crippen molar-refractivity contribution in [3.63, 3.8) is 0 Å². The summed E-state index contributed by atoms with van der Waals surface area (Å²) in [6, 6.07) is 18.7. The minimum Gasteiger partial charge on any atom is -0.455 e. The van der Waals surface area contributed by atoms with Gasteiger partial charge in [0.05, 0.1) is 0 Å². The molecule has 4 aromatic rings. The second-order valence-electron chi connectivity index (χ2n) is 6.40. The Balaban J connectivity index is 1.43. The molecule has 2 heterocycles. The molecule has 2 aromatic heterocycles. The molecule has 0 radical (unpaired) electrons. The van der Waals surface area contributed by atoms with E-state index in [1.54, 1.807) is 18.4 Å². The maximum atomic E-state index is 12.4. The second kappa shape index (κ2) is 8.13. The Morgan fingerprint density at radius 2 is 1.80 bits per heavy atom. The smallest absolute Gasteiger partial charge is 0.271 e. The van der Waals surface area contributed by atoms with Crippen molar-refractivity contribution in [2.45, 2.75) is 11.1 Å². The number of benzene rings is 2. The highest BCUT2D eigenvalue weighted by Gasteiger charge is 2.15. The number of hydrogen-bond donors (Lipinski definition) is 2. The van der Waals surface area contributed by atoms with Crippen LogP contribution in [0, 0.1) is 0 Å². The lowest BCUT2D eigenvalue weighted by Gasteiger charge is -2.07. The molecule has 0 saturated carbocycles. The van der Waals surface area contributed by atoms with E-state index in [2.05, 4.69) is 15.2 Å². The molecule has 4 rings (SSSR count). The fraction of sp³-hybridized carbons (Fsp3) is 0.0476. The fourth-order valence-corrected chi connectivity index (χ4v) is 4.78. The zero-order valence-corrected chi connectivity index (χ0v) is 17.5. The standard InChI is InChI=1S/C21H17N3O4S2/c1-14(19-13-16-5-2-3-6-18(16)28-19)22-23-21(25)15-8-10-17(11-9-15)24-30(26,27)20-7-4-12-29-20/h2-13,24H,1H3,(H,23,25).